The van der Waals surface area contributed by atoms with Gasteiger partial charge in [0, 0.05) is 17.3 Å². The van der Waals surface area contributed by atoms with E-state index in [4.69, 9.17) is 0 Å². The fraction of sp³-hybridized carbons (Fsp3) is 0.316. The van der Waals surface area contributed by atoms with Gasteiger partial charge in [0.15, 0.2) is 0 Å². The van der Waals surface area contributed by atoms with E-state index < -0.39 is 12.1 Å². The van der Waals surface area contributed by atoms with Crippen LogP contribution in [0.1, 0.15) is 48.1 Å². The zero-order chi connectivity index (χ0) is 19.0. The van der Waals surface area contributed by atoms with Gasteiger partial charge < -0.3 is 9.51 Å². The van der Waals surface area contributed by atoms with E-state index in [1.165, 1.54) is 12.3 Å². The molecule has 4 rings (SSSR count). The number of H-pyrrole nitrogens is 1. The summed E-state index contributed by atoms with van der Waals surface area (Å²) in [5.41, 5.74) is 1.47. The first-order chi connectivity index (χ1) is 12.9. The molecule has 1 aliphatic carbocycles. The third kappa shape index (κ3) is 3.27. The highest BCUT2D eigenvalue weighted by Crippen LogP contribution is 2.47. The van der Waals surface area contributed by atoms with Gasteiger partial charge in [-0.05, 0) is 36.3 Å². The molecule has 0 amide bonds. The normalized spacial score (nSPS) is 20.1. The molecule has 1 fully saturated rings. The predicted molar refractivity (Wildman–Crippen MR) is 91.1 cm³/mol. The van der Waals surface area contributed by atoms with Crippen LogP contribution in [0.25, 0.3) is 11.4 Å². The highest BCUT2D eigenvalue weighted by Gasteiger charge is 2.39. The van der Waals surface area contributed by atoms with Gasteiger partial charge in [-0.1, -0.05) is 41.9 Å². The van der Waals surface area contributed by atoms with Gasteiger partial charge in [0.05, 0.1) is 0 Å². The monoisotopic (exact) mass is 375 g/mol. The first-order valence-electron chi connectivity index (χ1n) is 8.63. The van der Waals surface area contributed by atoms with Gasteiger partial charge in [0.1, 0.15) is 0 Å². The molecule has 0 aliphatic heterocycles. The minimum atomic E-state index is -4.73. The molecule has 8 heteroatoms. The Morgan fingerprint density at radius 2 is 1.81 bits per heavy atom. The SMILES string of the molecule is O=c1[nH]ccc(-c2noc(C(F)(F)F)n2)c1C1CCC[C@@H]1c1ccccc1. The molecular weight excluding hydrogens is 359 g/mol. The van der Waals surface area contributed by atoms with E-state index in [-0.39, 0.29) is 28.8 Å². The Morgan fingerprint density at radius 3 is 2.52 bits per heavy atom. The molecule has 0 saturated heterocycles. The average Bonchev–Trinajstić information content (AvgIpc) is 3.31. The van der Waals surface area contributed by atoms with E-state index in [0.717, 1.165) is 24.8 Å². The van der Waals surface area contributed by atoms with Crippen molar-refractivity contribution in [1.29, 1.82) is 0 Å². The summed E-state index contributed by atoms with van der Waals surface area (Å²) >= 11 is 0. The van der Waals surface area contributed by atoms with Crippen molar-refractivity contribution in [3.63, 3.8) is 0 Å². The third-order valence-corrected chi connectivity index (χ3v) is 5.02. The first-order valence-corrected chi connectivity index (χ1v) is 8.63. The number of alkyl halides is 3. The number of nitrogens with one attached hydrogen (secondary N) is 1. The number of rotatable bonds is 3. The van der Waals surface area contributed by atoms with Crippen molar-refractivity contribution in [1.82, 2.24) is 15.1 Å². The molecular formula is C19H16F3N3O2. The van der Waals surface area contributed by atoms with E-state index in [1.54, 1.807) is 0 Å². The number of hydrogen-bond donors (Lipinski definition) is 1. The Balaban J connectivity index is 1.80. The van der Waals surface area contributed by atoms with Gasteiger partial charge in [-0.3, -0.25) is 4.79 Å². The summed E-state index contributed by atoms with van der Waals surface area (Å²) in [6.45, 7) is 0. The number of hydrogen-bond acceptors (Lipinski definition) is 4. The van der Waals surface area contributed by atoms with E-state index in [9.17, 15) is 18.0 Å². The Morgan fingerprint density at radius 1 is 1.07 bits per heavy atom. The Bertz CT molecular complexity index is 995. The largest absolute Gasteiger partial charge is 0.471 e. The number of halogens is 3. The third-order valence-electron chi connectivity index (χ3n) is 5.02. The zero-order valence-electron chi connectivity index (χ0n) is 14.2. The summed E-state index contributed by atoms with van der Waals surface area (Å²) in [6.07, 6.45) is -0.742. The van der Waals surface area contributed by atoms with Crippen LogP contribution >= 0.6 is 0 Å². The van der Waals surface area contributed by atoms with Crippen LogP contribution in [0, 0.1) is 0 Å². The molecule has 0 radical (unpaired) electrons. The summed E-state index contributed by atoms with van der Waals surface area (Å²) in [7, 11) is 0. The highest BCUT2D eigenvalue weighted by molar-refractivity contribution is 5.60. The van der Waals surface area contributed by atoms with E-state index in [2.05, 4.69) is 19.6 Å². The molecule has 3 aromatic rings. The van der Waals surface area contributed by atoms with Crippen LogP contribution in [0.2, 0.25) is 0 Å². The minimum absolute atomic E-state index is 0.113. The second-order valence-corrected chi connectivity index (χ2v) is 6.61. The molecule has 1 unspecified atom stereocenters. The molecule has 27 heavy (non-hydrogen) atoms. The number of nitrogens with zero attached hydrogens (tertiary/aromatic N) is 2. The van der Waals surface area contributed by atoms with Crippen molar-refractivity contribution < 1.29 is 17.7 Å². The molecule has 0 bridgehead atoms. The fourth-order valence-electron chi connectivity index (χ4n) is 3.91. The first kappa shape index (κ1) is 17.5. The lowest BCUT2D eigenvalue weighted by atomic mass is 9.82. The van der Waals surface area contributed by atoms with Crippen molar-refractivity contribution in [2.45, 2.75) is 37.3 Å². The van der Waals surface area contributed by atoms with Gasteiger partial charge in [-0.25, -0.2) is 0 Å². The minimum Gasteiger partial charge on any atom is -0.329 e. The highest BCUT2D eigenvalue weighted by atomic mass is 19.4. The number of benzene rings is 1. The lowest BCUT2D eigenvalue weighted by Gasteiger charge is -2.21. The average molecular weight is 375 g/mol. The molecule has 2 aromatic heterocycles. The molecule has 1 aliphatic rings. The Kier molecular flexibility index (Phi) is 4.33. The van der Waals surface area contributed by atoms with E-state index in [1.807, 2.05) is 30.3 Å². The van der Waals surface area contributed by atoms with E-state index in [0.29, 0.717) is 5.56 Å². The van der Waals surface area contributed by atoms with Crippen molar-refractivity contribution >= 4 is 0 Å². The molecule has 5 nitrogen and oxygen atoms in total. The van der Waals surface area contributed by atoms with Crippen LogP contribution in [0.4, 0.5) is 13.2 Å². The van der Waals surface area contributed by atoms with Crippen molar-refractivity contribution in [2.24, 2.45) is 0 Å². The van der Waals surface area contributed by atoms with Crippen molar-refractivity contribution in [2.75, 3.05) is 0 Å². The predicted octanol–water partition coefficient (Wildman–Crippen LogP) is 4.50. The van der Waals surface area contributed by atoms with Gasteiger partial charge in [0.2, 0.25) is 5.82 Å². The second kappa shape index (κ2) is 6.68. The van der Waals surface area contributed by atoms with Crippen LogP contribution < -0.4 is 5.56 Å². The lowest BCUT2D eigenvalue weighted by molar-refractivity contribution is -0.159. The second-order valence-electron chi connectivity index (χ2n) is 6.61. The van der Waals surface area contributed by atoms with Crippen LogP contribution in [0.3, 0.4) is 0 Å². The van der Waals surface area contributed by atoms with Gasteiger partial charge in [-0.2, -0.15) is 18.2 Å². The maximum atomic E-state index is 12.8. The van der Waals surface area contributed by atoms with E-state index >= 15 is 0 Å². The fourth-order valence-corrected chi connectivity index (χ4v) is 3.91. The number of aromatic amines is 1. The Hall–Kier alpha value is -2.90. The molecule has 1 aromatic carbocycles. The number of pyridine rings is 1. The van der Waals surface area contributed by atoms with Gasteiger partial charge in [-0.15, -0.1) is 0 Å². The van der Waals surface area contributed by atoms with Crippen molar-refractivity contribution in [3.8, 4) is 11.4 Å². The maximum Gasteiger partial charge on any atom is 0.471 e. The standard InChI is InChI=1S/C19H16F3N3O2/c20-19(21,22)18-24-16(25-27-18)14-9-10-23-17(26)15(14)13-8-4-7-12(13)11-5-2-1-3-6-11/h1-3,5-6,9-10,12-13H,4,7-8H2,(H,23,26)/t12-,13?/m1/s1. The molecule has 0 spiro atoms. The lowest BCUT2D eigenvalue weighted by Crippen LogP contribution is -2.19. The smallest absolute Gasteiger partial charge is 0.329 e. The molecule has 1 N–H and O–H groups in total. The summed E-state index contributed by atoms with van der Waals surface area (Å²) < 4.78 is 42.8. The van der Waals surface area contributed by atoms with Crippen LogP contribution in [-0.4, -0.2) is 15.1 Å². The Labute approximate surface area is 152 Å². The van der Waals surface area contributed by atoms with Gasteiger partial charge >= 0.3 is 12.1 Å². The molecule has 2 atom stereocenters. The van der Waals surface area contributed by atoms with Crippen LogP contribution in [0.5, 0.6) is 0 Å². The quantitative estimate of drug-likeness (QED) is 0.732. The maximum absolute atomic E-state index is 12.8. The molecule has 2 heterocycles. The molecule has 1 saturated carbocycles. The summed E-state index contributed by atoms with van der Waals surface area (Å²) in [4.78, 5) is 18.7. The van der Waals surface area contributed by atoms with Crippen LogP contribution in [-0.2, 0) is 6.18 Å². The summed E-state index contributed by atoms with van der Waals surface area (Å²) in [6, 6.07) is 11.4. The summed E-state index contributed by atoms with van der Waals surface area (Å²) in [5.74, 6) is -1.65. The number of aromatic nitrogens is 3. The zero-order valence-corrected chi connectivity index (χ0v) is 14.2. The summed E-state index contributed by atoms with van der Waals surface area (Å²) in [5, 5.41) is 3.46. The topological polar surface area (TPSA) is 71.8 Å². The van der Waals surface area contributed by atoms with Crippen molar-refractivity contribution in [3.05, 3.63) is 70.0 Å². The van der Waals surface area contributed by atoms with Gasteiger partial charge in [0.25, 0.3) is 5.56 Å². The van der Waals surface area contributed by atoms with Crippen LogP contribution in [0.15, 0.2) is 51.9 Å². The molecule has 140 valence electrons.